The van der Waals surface area contributed by atoms with Crippen molar-refractivity contribution in [3.05, 3.63) is 48.0 Å². The Morgan fingerprint density at radius 2 is 1.83 bits per heavy atom. The van der Waals surface area contributed by atoms with Gasteiger partial charge in [0.15, 0.2) is 0 Å². The molecule has 0 N–H and O–H groups in total. The quantitative estimate of drug-likeness (QED) is 0.598. The minimum atomic E-state index is -0.250. The molecule has 0 heterocycles. The first kappa shape index (κ1) is 12.9. The van der Waals surface area contributed by atoms with Crippen molar-refractivity contribution in [2.75, 3.05) is 7.11 Å². The average Bonchev–Trinajstić information content (AvgIpc) is 2.46. The van der Waals surface area contributed by atoms with Gasteiger partial charge < -0.3 is 4.74 Å². The van der Waals surface area contributed by atoms with E-state index in [2.05, 4.69) is 35.1 Å². The molecular formula is C16H20O2. The van der Waals surface area contributed by atoms with Crippen LogP contribution in [0.2, 0.25) is 0 Å². The maximum Gasteiger partial charge on any atom is 0.330 e. The van der Waals surface area contributed by atoms with Crippen LogP contribution in [0.5, 0.6) is 0 Å². The van der Waals surface area contributed by atoms with Crippen molar-refractivity contribution in [3.8, 4) is 0 Å². The number of hydrogen-bond donors (Lipinski definition) is 0. The number of ether oxygens (including phenoxy) is 1. The summed E-state index contributed by atoms with van der Waals surface area (Å²) in [6.07, 6.45) is 8.31. The molecule has 96 valence electrons. The zero-order valence-electron chi connectivity index (χ0n) is 10.8. The first-order chi connectivity index (χ1) is 8.79. The smallest absolute Gasteiger partial charge is 0.330 e. The summed E-state index contributed by atoms with van der Waals surface area (Å²) in [5.41, 5.74) is 1.45. The van der Waals surface area contributed by atoms with Gasteiger partial charge in [-0.2, -0.15) is 0 Å². The third-order valence-corrected chi connectivity index (χ3v) is 3.75. The van der Waals surface area contributed by atoms with E-state index in [0.29, 0.717) is 11.8 Å². The van der Waals surface area contributed by atoms with Crippen molar-refractivity contribution < 1.29 is 9.53 Å². The lowest BCUT2D eigenvalue weighted by atomic mass is 9.78. The lowest BCUT2D eigenvalue weighted by Gasteiger charge is -2.26. The Bertz CT molecular complexity index is 400. The van der Waals surface area contributed by atoms with Gasteiger partial charge in [-0.15, -0.1) is 0 Å². The number of methoxy groups -OCH3 is 1. The first-order valence-electron chi connectivity index (χ1n) is 6.60. The van der Waals surface area contributed by atoms with E-state index < -0.39 is 0 Å². The van der Waals surface area contributed by atoms with E-state index in [0.717, 1.165) is 12.8 Å². The van der Waals surface area contributed by atoms with Gasteiger partial charge in [-0.05, 0) is 43.1 Å². The molecule has 0 unspecified atom stereocenters. The molecule has 0 saturated heterocycles. The van der Waals surface area contributed by atoms with E-state index >= 15 is 0 Å². The molecule has 0 amide bonds. The first-order valence-corrected chi connectivity index (χ1v) is 6.60. The normalized spacial score (nSPS) is 24.1. The number of rotatable bonds is 3. The van der Waals surface area contributed by atoms with Crippen LogP contribution >= 0.6 is 0 Å². The zero-order valence-corrected chi connectivity index (χ0v) is 10.8. The fourth-order valence-electron chi connectivity index (χ4n) is 2.65. The van der Waals surface area contributed by atoms with Crippen LogP contribution in [0.15, 0.2) is 42.5 Å². The second-order valence-electron chi connectivity index (χ2n) is 4.90. The lowest BCUT2D eigenvalue weighted by Crippen LogP contribution is -2.12. The van der Waals surface area contributed by atoms with Gasteiger partial charge in [-0.3, -0.25) is 0 Å². The Morgan fingerprint density at radius 1 is 1.17 bits per heavy atom. The van der Waals surface area contributed by atoms with Gasteiger partial charge in [-0.25, -0.2) is 4.79 Å². The molecule has 2 rings (SSSR count). The minimum Gasteiger partial charge on any atom is -0.466 e. The van der Waals surface area contributed by atoms with Gasteiger partial charge in [0.2, 0.25) is 0 Å². The van der Waals surface area contributed by atoms with Gasteiger partial charge in [0.25, 0.3) is 0 Å². The highest BCUT2D eigenvalue weighted by atomic mass is 16.5. The van der Waals surface area contributed by atoms with Gasteiger partial charge >= 0.3 is 5.97 Å². The van der Waals surface area contributed by atoms with Crippen molar-refractivity contribution in [2.24, 2.45) is 5.92 Å². The standard InChI is InChI=1S/C16H20O2/c1-18-16(17)12-9-13-7-10-15(11-8-13)14-5-3-2-4-6-14/h2-6,9,12-13,15H,7-8,10-11H2,1H3. The topological polar surface area (TPSA) is 26.3 Å². The maximum atomic E-state index is 11.0. The van der Waals surface area contributed by atoms with Crippen molar-refractivity contribution in [2.45, 2.75) is 31.6 Å². The van der Waals surface area contributed by atoms with Gasteiger partial charge in [0.1, 0.15) is 0 Å². The van der Waals surface area contributed by atoms with E-state index in [9.17, 15) is 4.79 Å². The number of benzene rings is 1. The van der Waals surface area contributed by atoms with Crippen LogP contribution in [-0.4, -0.2) is 13.1 Å². The molecular weight excluding hydrogens is 224 g/mol. The molecule has 1 aromatic carbocycles. The predicted octanol–water partition coefficient (Wildman–Crippen LogP) is 3.69. The number of hydrogen-bond acceptors (Lipinski definition) is 2. The molecule has 18 heavy (non-hydrogen) atoms. The molecule has 0 bridgehead atoms. The van der Waals surface area contributed by atoms with Crippen LogP contribution < -0.4 is 0 Å². The highest BCUT2D eigenvalue weighted by Gasteiger charge is 2.20. The van der Waals surface area contributed by atoms with Crippen molar-refractivity contribution in [3.63, 3.8) is 0 Å². The molecule has 0 atom stereocenters. The number of carbonyl (C=O) groups excluding carboxylic acids is 1. The van der Waals surface area contributed by atoms with E-state index in [1.807, 2.05) is 6.08 Å². The molecule has 0 aliphatic heterocycles. The van der Waals surface area contributed by atoms with Crippen LogP contribution in [0.25, 0.3) is 0 Å². The molecule has 1 saturated carbocycles. The molecule has 1 aliphatic carbocycles. The van der Waals surface area contributed by atoms with Crippen LogP contribution in [0.4, 0.5) is 0 Å². The van der Waals surface area contributed by atoms with Crippen LogP contribution in [0, 0.1) is 5.92 Å². The lowest BCUT2D eigenvalue weighted by molar-refractivity contribution is -0.134. The van der Waals surface area contributed by atoms with Crippen molar-refractivity contribution in [1.29, 1.82) is 0 Å². The van der Waals surface area contributed by atoms with Gasteiger partial charge in [-0.1, -0.05) is 36.4 Å². The van der Waals surface area contributed by atoms with Crippen LogP contribution in [0.1, 0.15) is 37.2 Å². The number of esters is 1. The summed E-state index contributed by atoms with van der Waals surface area (Å²) in [6.45, 7) is 0. The SMILES string of the molecule is COC(=O)C=CC1CCC(c2ccccc2)CC1. The fraction of sp³-hybridized carbons (Fsp3) is 0.438. The summed E-state index contributed by atoms with van der Waals surface area (Å²) < 4.78 is 4.61. The Labute approximate surface area is 109 Å². The molecule has 2 heteroatoms. The largest absolute Gasteiger partial charge is 0.466 e. The molecule has 1 aliphatic rings. The number of allylic oxidation sites excluding steroid dienone is 1. The van der Waals surface area contributed by atoms with Crippen LogP contribution in [0.3, 0.4) is 0 Å². The monoisotopic (exact) mass is 244 g/mol. The van der Waals surface area contributed by atoms with Crippen LogP contribution in [-0.2, 0) is 9.53 Å². The molecule has 0 spiro atoms. The van der Waals surface area contributed by atoms with Crippen molar-refractivity contribution >= 4 is 5.97 Å². The average molecular weight is 244 g/mol. The summed E-state index contributed by atoms with van der Waals surface area (Å²) in [5.74, 6) is 0.971. The van der Waals surface area contributed by atoms with Gasteiger partial charge in [0.05, 0.1) is 7.11 Å². The molecule has 0 aromatic heterocycles. The van der Waals surface area contributed by atoms with E-state index in [1.165, 1.54) is 25.5 Å². The molecule has 2 nitrogen and oxygen atoms in total. The summed E-state index contributed by atoms with van der Waals surface area (Å²) in [7, 11) is 1.42. The Kier molecular flexibility index (Phi) is 4.57. The Hall–Kier alpha value is -1.57. The maximum absolute atomic E-state index is 11.0. The van der Waals surface area contributed by atoms with E-state index in [4.69, 9.17) is 0 Å². The zero-order chi connectivity index (χ0) is 12.8. The predicted molar refractivity (Wildman–Crippen MR) is 72.3 cm³/mol. The Morgan fingerprint density at radius 3 is 2.44 bits per heavy atom. The fourth-order valence-corrected chi connectivity index (χ4v) is 2.65. The van der Waals surface area contributed by atoms with E-state index in [-0.39, 0.29) is 5.97 Å². The minimum absolute atomic E-state index is 0.250. The second-order valence-corrected chi connectivity index (χ2v) is 4.90. The third kappa shape index (κ3) is 3.46. The van der Waals surface area contributed by atoms with Crippen molar-refractivity contribution in [1.82, 2.24) is 0 Å². The number of carbonyl (C=O) groups is 1. The second kappa shape index (κ2) is 6.39. The molecule has 0 radical (unpaired) electrons. The highest BCUT2D eigenvalue weighted by molar-refractivity contribution is 5.81. The Balaban J connectivity index is 1.85. The van der Waals surface area contributed by atoms with E-state index in [1.54, 1.807) is 6.08 Å². The van der Waals surface area contributed by atoms with Gasteiger partial charge in [0, 0.05) is 6.08 Å². The summed E-state index contributed by atoms with van der Waals surface area (Å²) in [4.78, 5) is 11.0. The molecule has 1 fully saturated rings. The third-order valence-electron chi connectivity index (χ3n) is 3.75. The summed E-state index contributed by atoms with van der Waals surface area (Å²) in [6, 6.07) is 10.7. The highest BCUT2D eigenvalue weighted by Crippen LogP contribution is 2.36. The summed E-state index contributed by atoms with van der Waals surface area (Å²) in [5, 5.41) is 0. The molecule has 1 aromatic rings. The summed E-state index contributed by atoms with van der Waals surface area (Å²) >= 11 is 0.